The van der Waals surface area contributed by atoms with Gasteiger partial charge in [-0.2, -0.15) is 0 Å². The maximum Gasteiger partial charge on any atom is 0.0366 e. The summed E-state index contributed by atoms with van der Waals surface area (Å²) in [7, 11) is 0. The minimum Gasteiger partial charge on any atom is -0.372 e. The third kappa shape index (κ3) is 4.22. The van der Waals surface area contributed by atoms with Crippen LogP contribution in [-0.4, -0.2) is 26.2 Å². The second-order valence-electron chi connectivity index (χ2n) is 6.90. The van der Waals surface area contributed by atoms with Crippen molar-refractivity contribution in [1.82, 2.24) is 0 Å². The van der Waals surface area contributed by atoms with Crippen LogP contribution < -0.4 is 9.80 Å². The van der Waals surface area contributed by atoms with E-state index in [9.17, 15) is 0 Å². The molecule has 0 aliphatic rings. The van der Waals surface area contributed by atoms with Gasteiger partial charge in [0.15, 0.2) is 0 Å². The van der Waals surface area contributed by atoms with E-state index in [2.05, 4.69) is 104 Å². The van der Waals surface area contributed by atoms with Gasteiger partial charge in [0.25, 0.3) is 0 Å². The van der Waals surface area contributed by atoms with Crippen LogP contribution in [0.1, 0.15) is 27.7 Å². The number of benzene rings is 3. The van der Waals surface area contributed by atoms with Gasteiger partial charge in [0.05, 0.1) is 0 Å². The highest BCUT2D eigenvalue weighted by Crippen LogP contribution is 2.33. The molecule has 0 unspecified atom stereocenters. The van der Waals surface area contributed by atoms with Crippen LogP contribution in [0.2, 0.25) is 0 Å². The summed E-state index contributed by atoms with van der Waals surface area (Å²) in [6.07, 6.45) is 0. The molecule has 0 aliphatic heterocycles. The number of rotatable bonds is 8. The quantitative estimate of drug-likeness (QED) is 0.445. The van der Waals surface area contributed by atoms with E-state index >= 15 is 0 Å². The van der Waals surface area contributed by atoms with E-state index in [0.717, 1.165) is 31.7 Å². The Kier molecular flexibility index (Phi) is 6.76. The van der Waals surface area contributed by atoms with Gasteiger partial charge in [0.2, 0.25) is 0 Å². The van der Waals surface area contributed by atoms with Crippen molar-refractivity contribution >= 4 is 11.4 Å². The molecule has 3 rings (SSSR count). The zero-order valence-corrected chi connectivity index (χ0v) is 17.6. The first-order chi connectivity index (χ1) is 13.7. The van der Waals surface area contributed by atoms with E-state index in [1.165, 1.54) is 28.1 Å². The molecule has 0 fully saturated rings. The molecule has 2 nitrogen and oxygen atoms in total. The van der Waals surface area contributed by atoms with E-state index < -0.39 is 0 Å². The van der Waals surface area contributed by atoms with E-state index in [4.69, 9.17) is 0 Å². The van der Waals surface area contributed by atoms with Crippen LogP contribution in [0.25, 0.3) is 22.3 Å². The lowest BCUT2D eigenvalue weighted by Crippen LogP contribution is -2.21. The Balaban J connectivity index is 1.93. The fraction of sp³-hybridized carbons (Fsp3) is 0.308. The molecule has 28 heavy (non-hydrogen) atoms. The molecule has 2 heteroatoms. The number of anilines is 2. The van der Waals surface area contributed by atoms with Gasteiger partial charge in [-0.15, -0.1) is 0 Å². The smallest absolute Gasteiger partial charge is 0.0366 e. The van der Waals surface area contributed by atoms with Crippen LogP contribution >= 0.6 is 0 Å². The zero-order valence-electron chi connectivity index (χ0n) is 17.6. The lowest BCUT2D eigenvalue weighted by atomic mass is 9.94. The Bertz CT molecular complexity index is 783. The summed E-state index contributed by atoms with van der Waals surface area (Å²) in [5, 5.41) is 0. The molecule has 0 saturated heterocycles. The Labute approximate surface area is 170 Å². The van der Waals surface area contributed by atoms with Crippen LogP contribution in [0, 0.1) is 6.07 Å². The lowest BCUT2D eigenvalue weighted by molar-refractivity contribution is 0.866. The number of nitrogens with zero attached hydrogens (tertiary/aromatic N) is 2. The first-order valence-electron chi connectivity index (χ1n) is 10.4. The fourth-order valence-electron chi connectivity index (χ4n) is 3.78. The minimum absolute atomic E-state index is 1.03. The number of hydrogen-bond acceptors (Lipinski definition) is 2. The molecule has 0 N–H and O–H groups in total. The molecule has 3 aromatic carbocycles. The molecule has 0 bridgehead atoms. The van der Waals surface area contributed by atoms with Gasteiger partial charge in [-0.1, -0.05) is 42.5 Å². The molecule has 1 radical (unpaired) electrons. The van der Waals surface area contributed by atoms with Gasteiger partial charge in [-0.25, -0.2) is 0 Å². The lowest BCUT2D eigenvalue weighted by Gasteiger charge is -2.22. The first-order valence-corrected chi connectivity index (χ1v) is 10.4. The Morgan fingerprint density at radius 2 is 1.07 bits per heavy atom. The van der Waals surface area contributed by atoms with Crippen LogP contribution in [0.3, 0.4) is 0 Å². The van der Waals surface area contributed by atoms with Crippen molar-refractivity contribution < 1.29 is 0 Å². The molecule has 145 valence electrons. The second kappa shape index (κ2) is 9.45. The SMILES string of the molecule is CCN(CC)c1ccc(-c2[c]cccc2-c2ccc(N(CC)CC)cc2)cc1. The van der Waals surface area contributed by atoms with Crippen molar-refractivity contribution in [3.05, 3.63) is 72.8 Å². The van der Waals surface area contributed by atoms with Gasteiger partial charge in [-0.05, 0) is 80.3 Å². The van der Waals surface area contributed by atoms with E-state index in [0.29, 0.717) is 0 Å². The summed E-state index contributed by atoms with van der Waals surface area (Å²) in [6, 6.07) is 27.5. The molecular weight excluding hydrogens is 340 g/mol. The molecule has 3 aromatic rings. The Morgan fingerprint density at radius 3 is 1.54 bits per heavy atom. The highest BCUT2D eigenvalue weighted by atomic mass is 15.1. The predicted octanol–water partition coefficient (Wildman–Crippen LogP) is 6.51. The van der Waals surface area contributed by atoms with Crippen molar-refractivity contribution in [2.45, 2.75) is 27.7 Å². The summed E-state index contributed by atoms with van der Waals surface area (Å²) in [5.41, 5.74) is 7.37. The molecule has 0 amide bonds. The van der Waals surface area contributed by atoms with E-state index in [1.54, 1.807) is 0 Å². The highest BCUT2D eigenvalue weighted by molar-refractivity contribution is 5.84. The van der Waals surface area contributed by atoms with Crippen LogP contribution in [0.5, 0.6) is 0 Å². The molecular formula is C26H31N2. The van der Waals surface area contributed by atoms with Crippen LogP contribution in [-0.2, 0) is 0 Å². The Morgan fingerprint density at radius 1 is 0.607 bits per heavy atom. The third-order valence-electron chi connectivity index (χ3n) is 5.45. The van der Waals surface area contributed by atoms with Gasteiger partial charge in [0.1, 0.15) is 0 Å². The standard InChI is InChI=1S/C26H31N2/c1-5-27(6-2)23-17-13-21(14-18-23)25-11-9-10-12-26(25)22-15-19-24(20-16-22)28(7-3)8-4/h9-11,13-20H,5-8H2,1-4H3. The summed E-state index contributed by atoms with van der Waals surface area (Å²) >= 11 is 0. The monoisotopic (exact) mass is 371 g/mol. The van der Waals surface area contributed by atoms with Gasteiger partial charge >= 0.3 is 0 Å². The van der Waals surface area contributed by atoms with Crippen molar-refractivity contribution in [2.75, 3.05) is 36.0 Å². The largest absolute Gasteiger partial charge is 0.372 e. The van der Waals surface area contributed by atoms with Crippen molar-refractivity contribution in [2.24, 2.45) is 0 Å². The average molecular weight is 372 g/mol. The van der Waals surface area contributed by atoms with E-state index in [1.807, 2.05) is 6.07 Å². The molecule has 0 aliphatic carbocycles. The molecule has 0 spiro atoms. The van der Waals surface area contributed by atoms with Crippen molar-refractivity contribution in [1.29, 1.82) is 0 Å². The van der Waals surface area contributed by atoms with Crippen LogP contribution in [0.15, 0.2) is 66.7 Å². The Hall–Kier alpha value is -2.74. The average Bonchev–Trinajstić information content (AvgIpc) is 2.76. The number of hydrogen-bond donors (Lipinski definition) is 0. The van der Waals surface area contributed by atoms with Gasteiger partial charge < -0.3 is 9.80 Å². The minimum atomic E-state index is 1.03. The summed E-state index contributed by atoms with van der Waals surface area (Å²) in [6.45, 7) is 12.9. The topological polar surface area (TPSA) is 6.48 Å². The van der Waals surface area contributed by atoms with E-state index in [-0.39, 0.29) is 0 Å². The first kappa shape index (κ1) is 20.0. The molecule has 0 heterocycles. The molecule has 0 saturated carbocycles. The summed E-state index contributed by atoms with van der Waals surface area (Å²) in [4.78, 5) is 4.74. The van der Waals surface area contributed by atoms with Crippen molar-refractivity contribution in [3.8, 4) is 22.3 Å². The maximum atomic E-state index is 3.46. The van der Waals surface area contributed by atoms with Crippen molar-refractivity contribution in [3.63, 3.8) is 0 Å². The maximum absolute atomic E-state index is 3.46. The second-order valence-corrected chi connectivity index (χ2v) is 6.90. The van der Waals surface area contributed by atoms with Gasteiger partial charge in [0, 0.05) is 37.6 Å². The summed E-state index contributed by atoms with van der Waals surface area (Å²) < 4.78 is 0. The molecule has 0 aromatic heterocycles. The highest BCUT2D eigenvalue weighted by Gasteiger charge is 2.09. The summed E-state index contributed by atoms with van der Waals surface area (Å²) in [5.74, 6) is 0. The third-order valence-corrected chi connectivity index (χ3v) is 5.45. The molecule has 0 atom stereocenters. The van der Waals surface area contributed by atoms with Crippen LogP contribution in [0.4, 0.5) is 11.4 Å². The predicted molar refractivity (Wildman–Crippen MR) is 123 cm³/mol. The van der Waals surface area contributed by atoms with Gasteiger partial charge in [-0.3, -0.25) is 0 Å². The fourth-order valence-corrected chi connectivity index (χ4v) is 3.78. The normalized spacial score (nSPS) is 10.7. The zero-order chi connectivity index (χ0) is 19.9.